The number of anilines is 2. The van der Waals surface area contributed by atoms with E-state index in [2.05, 4.69) is 10.3 Å². The Bertz CT molecular complexity index is 1090. The van der Waals surface area contributed by atoms with Gasteiger partial charge in [0, 0.05) is 28.5 Å². The lowest BCUT2D eigenvalue weighted by Gasteiger charge is -2.18. The molecule has 0 saturated carbocycles. The molecule has 0 fully saturated rings. The van der Waals surface area contributed by atoms with E-state index < -0.39 is 0 Å². The van der Waals surface area contributed by atoms with E-state index in [0.717, 1.165) is 22.6 Å². The fourth-order valence-corrected chi connectivity index (χ4v) is 2.94. The molecular formula is C21H17N3O. The fraction of sp³-hybridized carbons (Fsp3) is 0.0476. The van der Waals surface area contributed by atoms with Crippen molar-refractivity contribution < 1.29 is 0 Å². The molecule has 0 saturated heterocycles. The van der Waals surface area contributed by atoms with Crippen molar-refractivity contribution in [2.24, 2.45) is 0 Å². The first-order valence-electron chi connectivity index (χ1n) is 8.12. The van der Waals surface area contributed by atoms with Gasteiger partial charge in [0.05, 0.1) is 11.7 Å². The van der Waals surface area contributed by atoms with Crippen LogP contribution in [0.5, 0.6) is 0 Å². The summed E-state index contributed by atoms with van der Waals surface area (Å²) in [5.74, 6) is 0.709. The maximum Gasteiger partial charge on any atom is 0.191 e. The largest absolute Gasteiger partial charge is 0.341 e. The molecule has 0 aliphatic heterocycles. The molecule has 4 nitrogen and oxygen atoms in total. The summed E-state index contributed by atoms with van der Waals surface area (Å²) in [7, 11) is 0. The maximum absolute atomic E-state index is 12.6. The Kier molecular flexibility index (Phi) is 3.78. The standard InChI is InChI=1S/C21H17N3O/c1-15-12-18-19(14-22-15)24(17-10-6-3-7-11-17)21(13-20(18)25)23-16-8-4-2-5-9-16/h2-14,23H,1H3. The zero-order valence-electron chi connectivity index (χ0n) is 13.8. The van der Waals surface area contributed by atoms with Gasteiger partial charge >= 0.3 is 0 Å². The Balaban J connectivity index is 2.01. The van der Waals surface area contributed by atoms with Gasteiger partial charge in [-0.2, -0.15) is 0 Å². The number of hydrogen-bond acceptors (Lipinski definition) is 3. The van der Waals surface area contributed by atoms with E-state index in [9.17, 15) is 4.79 Å². The summed E-state index contributed by atoms with van der Waals surface area (Å²) >= 11 is 0. The maximum atomic E-state index is 12.6. The molecule has 0 atom stereocenters. The zero-order chi connectivity index (χ0) is 17.2. The zero-order valence-corrected chi connectivity index (χ0v) is 13.8. The van der Waals surface area contributed by atoms with Crippen molar-refractivity contribution in [3.05, 3.63) is 94.9 Å². The molecule has 2 heterocycles. The highest BCUT2D eigenvalue weighted by Gasteiger charge is 2.12. The van der Waals surface area contributed by atoms with E-state index in [1.54, 1.807) is 12.3 Å². The van der Waals surface area contributed by atoms with Crippen LogP contribution in [0, 0.1) is 6.92 Å². The lowest BCUT2D eigenvalue weighted by atomic mass is 10.2. The smallest absolute Gasteiger partial charge is 0.191 e. The molecule has 4 aromatic rings. The lowest BCUT2D eigenvalue weighted by Crippen LogP contribution is -2.13. The Morgan fingerprint density at radius 2 is 1.60 bits per heavy atom. The van der Waals surface area contributed by atoms with Gasteiger partial charge in [0.25, 0.3) is 0 Å². The molecule has 0 unspecified atom stereocenters. The van der Waals surface area contributed by atoms with Gasteiger partial charge in [-0.3, -0.25) is 14.3 Å². The molecular weight excluding hydrogens is 310 g/mol. The highest BCUT2D eigenvalue weighted by Crippen LogP contribution is 2.24. The molecule has 0 bridgehead atoms. The molecule has 0 radical (unpaired) electrons. The Labute approximate surface area is 145 Å². The van der Waals surface area contributed by atoms with Gasteiger partial charge in [-0.1, -0.05) is 36.4 Å². The van der Waals surface area contributed by atoms with Gasteiger partial charge in [0.2, 0.25) is 0 Å². The summed E-state index contributed by atoms with van der Waals surface area (Å²) in [6.07, 6.45) is 1.76. The molecule has 2 aromatic heterocycles. The SMILES string of the molecule is Cc1cc2c(=O)cc(Nc3ccccc3)n(-c3ccccc3)c2cn1. The minimum atomic E-state index is -0.0221. The van der Waals surface area contributed by atoms with Crippen LogP contribution in [0.3, 0.4) is 0 Å². The highest BCUT2D eigenvalue weighted by molar-refractivity contribution is 5.83. The number of rotatable bonds is 3. The van der Waals surface area contributed by atoms with Gasteiger partial charge in [-0.05, 0) is 37.3 Å². The minimum absolute atomic E-state index is 0.0221. The van der Waals surface area contributed by atoms with E-state index >= 15 is 0 Å². The topological polar surface area (TPSA) is 46.9 Å². The molecule has 0 aliphatic rings. The molecule has 25 heavy (non-hydrogen) atoms. The van der Waals surface area contributed by atoms with Crippen LogP contribution in [0.1, 0.15) is 5.69 Å². The fourth-order valence-electron chi connectivity index (χ4n) is 2.94. The molecule has 122 valence electrons. The van der Waals surface area contributed by atoms with Crippen molar-refractivity contribution in [3.63, 3.8) is 0 Å². The third-order valence-corrected chi connectivity index (χ3v) is 4.10. The van der Waals surface area contributed by atoms with Crippen LogP contribution < -0.4 is 10.7 Å². The number of hydrogen-bond donors (Lipinski definition) is 1. The van der Waals surface area contributed by atoms with Crippen LogP contribution in [0.4, 0.5) is 11.5 Å². The molecule has 4 heteroatoms. The average molecular weight is 327 g/mol. The normalized spacial score (nSPS) is 10.8. The summed E-state index contributed by atoms with van der Waals surface area (Å²) in [5, 5.41) is 4.02. The van der Waals surface area contributed by atoms with Crippen LogP contribution in [0.2, 0.25) is 0 Å². The molecule has 0 amide bonds. The second-order valence-corrected chi connectivity index (χ2v) is 5.90. The summed E-state index contributed by atoms with van der Waals surface area (Å²) < 4.78 is 2.02. The van der Waals surface area contributed by atoms with Crippen molar-refractivity contribution in [2.45, 2.75) is 6.92 Å². The second-order valence-electron chi connectivity index (χ2n) is 5.90. The monoisotopic (exact) mass is 327 g/mol. The van der Waals surface area contributed by atoms with Crippen LogP contribution in [-0.2, 0) is 0 Å². The Morgan fingerprint density at radius 1 is 0.920 bits per heavy atom. The number of fused-ring (bicyclic) bond motifs is 1. The third-order valence-electron chi connectivity index (χ3n) is 4.10. The van der Waals surface area contributed by atoms with E-state index in [1.807, 2.05) is 78.2 Å². The first-order chi connectivity index (χ1) is 12.2. The number of pyridine rings is 2. The van der Waals surface area contributed by atoms with E-state index in [-0.39, 0.29) is 5.43 Å². The van der Waals surface area contributed by atoms with Gasteiger partial charge in [-0.25, -0.2) is 0 Å². The lowest BCUT2D eigenvalue weighted by molar-refractivity contribution is 1.08. The first-order valence-corrected chi connectivity index (χ1v) is 8.12. The van der Waals surface area contributed by atoms with Gasteiger partial charge < -0.3 is 5.32 Å². The molecule has 4 rings (SSSR count). The van der Waals surface area contributed by atoms with Crippen LogP contribution in [0.25, 0.3) is 16.6 Å². The number of benzene rings is 2. The van der Waals surface area contributed by atoms with Crippen molar-refractivity contribution in [1.29, 1.82) is 0 Å². The summed E-state index contributed by atoms with van der Waals surface area (Å²) in [4.78, 5) is 17.0. The van der Waals surface area contributed by atoms with Crippen LogP contribution in [0.15, 0.2) is 83.8 Å². The number of para-hydroxylation sites is 2. The third kappa shape index (κ3) is 2.90. The predicted octanol–water partition coefficient (Wildman–Crippen LogP) is 4.44. The van der Waals surface area contributed by atoms with Crippen LogP contribution >= 0.6 is 0 Å². The number of aromatic nitrogens is 2. The Morgan fingerprint density at radius 3 is 2.32 bits per heavy atom. The van der Waals surface area contributed by atoms with Gasteiger partial charge in [0.15, 0.2) is 5.43 Å². The predicted molar refractivity (Wildman–Crippen MR) is 102 cm³/mol. The number of aryl methyl sites for hydroxylation is 1. The summed E-state index contributed by atoms with van der Waals surface area (Å²) in [6, 6.07) is 23.3. The van der Waals surface area contributed by atoms with Gasteiger partial charge in [-0.15, -0.1) is 0 Å². The second kappa shape index (κ2) is 6.24. The van der Waals surface area contributed by atoms with Crippen molar-refractivity contribution in [2.75, 3.05) is 5.32 Å². The van der Waals surface area contributed by atoms with Crippen molar-refractivity contribution >= 4 is 22.4 Å². The van der Waals surface area contributed by atoms with E-state index in [0.29, 0.717) is 11.2 Å². The Hall–Kier alpha value is -3.40. The minimum Gasteiger partial charge on any atom is -0.341 e. The quantitative estimate of drug-likeness (QED) is 0.605. The summed E-state index contributed by atoms with van der Waals surface area (Å²) in [6.45, 7) is 1.89. The molecule has 0 aliphatic carbocycles. The van der Waals surface area contributed by atoms with Crippen LogP contribution in [-0.4, -0.2) is 9.55 Å². The van der Waals surface area contributed by atoms with Gasteiger partial charge in [0.1, 0.15) is 5.82 Å². The molecule has 0 spiro atoms. The molecule has 1 N–H and O–H groups in total. The van der Waals surface area contributed by atoms with E-state index in [1.165, 1.54) is 0 Å². The van der Waals surface area contributed by atoms with Crippen molar-refractivity contribution in [1.82, 2.24) is 9.55 Å². The number of nitrogens with zero attached hydrogens (tertiary/aromatic N) is 2. The van der Waals surface area contributed by atoms with E-state index in [4.69, 9.17) is 0 Å². The number of nitrogens with one attached hydrogen (secondary N) is 1. The average Bonchev–Trinajstić information content (AvgIpc) is 2.64. The first kappa shape index (κ1) is 15.1. The van der Waals surface area contributed by atoms with Crippen molar-refractivity contribution in [3.8, 4) is 5.69 Å². The molecule has 2 aromatic carbocycles. The summed E-state index contributed by atoms with van der Waals surface area (Å²) in [5.41, 5.74) is 3.48. The highest BCUT2D eigenvalue weighted by atomic mass is 16.1.